The van der Waals surface area contributed by atoms with Crippen molar-refractivity contribution in [1.29, 1.82) is 0 Å². The second kappa shape index (κ2) is 11.7. The quantitative estimate of drug-likeness (QED) is 0.181. The van der Waals surface area contributed by atoms with Crippen LogP contribution in [0.2, 0.25) is 0 Å². The molecule has 1 amide bonds. The van der Waals surface area contributed by atoms with E-state index in [1.165, 1.54) is 39.8 Å². The normalized spacial score (nSPS) is 11.8. The number of anilines is 1. The number of aromatic nitrogens is 4. The van der Waals surface area contributed by atoms with Gasteiger partial charge in [0.05, 0.1) is 11.4 Å². The van der Waals surface area contributed by atoms with Crippen molar-refractivity contribution in [2.45, 2.75) is 52.4 Å². The third kappa shape index (κ3) is 6.29. The zero-order chi connectivity index (χ0) is 26.5. The third-order valence-electron chi connectivity index (χ3n) is 6.16. The molecule has 192 valence electrons. The standard InChI is InChI=1S/C28H31N5O2S2/c1-7-13-33-26(21(6)35-24-10-8-9-18(3)20(24)5)31-32-28(33)37-16-25(34)30-27-29-23(15-36-27)22-12-11-17(2)19(4)14-22/h7-12,14-15,21H,1,13,16H2,2-6H3,(H,29,30,34). The molecule has 0 radical (unpaired) electrons. The van der Waals surface area contributed by atoms with Gasteiger partial charge >= 0.3 is 0 Å². The first-order chi connectivity index (χ1) is 17.8. The topological polar surface area (TPSA) is 81.9 Å². The smallest absolute Gasteiger partial charge is 0.236 e. The van der Waals surface area contributed by atoms with Crippen LogP contribution in [0.15, 0.2) is 59.6 Å². The summed E-state index contributed by atoms with van der Waals surface area (Å²) in [5.41, 5.74) is 6.60. The van der Waals surface area contributed by atoms with Crippen molar-refractivity contribution in [2.24, 2.45) is 0 Å². The Hall–Kier alpha value is -3.43. The van der Waals surface area contributed by atoms with E-state index in [0.717, 1.165) is 22.6 Å². The molecule has 2 heterocycles. The monoisotopic (exact) mass is 533 g/mol. The highest BCUT2D eigenvalue weighted by atomic mass is 32.2. The first-order valence-corrected chi connectivity index (χ1v) is 13.9. The van der Waals surface area contributed by atoms with Gasteiger partial charge in [0.15, 0.2) is 22.2 Å². The number of rotatable bonds is 10. The number of benzene rings is 2. The Labute approximate surface area is 226 Å². The average molecular weight is 534 g/mol. The predicted octanol–water partition coefficient (Wildman–Crippen LogP) is 6.69. The predicted molar refractivity (Wildman–Crippen MR) is 152 cm³/mol. The SMILES string of the molecule is C=CCn1c(SCC(=O)Nc2nc(-c3ccc(C)c(C)c3)cs2)nnc1C(C)Oc1cccc(C)c1C. The summed E-state index contributed by atoms with van der Waals surface area (Å²) in [4.78, 5) is 17.3. The largest absolute Gasteiger partial charge is 0.482 e. The maximum atomic E-state index is 12.7. The van der Waals surface area contributed by atoms with Crippen LogP contribution in [0.25, 0.3) is 11.3 Å². The highest BCUT2D eigenvalue weighted by Gasteiger charge is 2.21. The molecule has 1 N–H and O–H groups in total. The number of hydrogen-bond donors (Lipinski definition) is 1. The van der Waals surface area contributed by atoms with Gasteiger partial charge in [-0.3, -0.25) is 9.36 Å². The van der Waals surface area contributed by atoms with Crippen LogP contribution in [0.1, 0.15) is 41.1 Å². The van der Waals surface area contributed by atoms with E-state index in [-0.39, 0.29) is 17.8 Å². The summed E-state index contributed by atoms with van der Waals surface area (Å²) >= 11 is 2.73. The van der Waals surface area contributed by atoms with Crippen LogP contribution in [0.3, 0.4) is 0 Å². The number of thioether (sulfide) groups is 1. The number of carbonyl (C=O) groups is 1. The second-order valence-electron chi connectivity index (χ2n) is 8.87. The van der Waals surface area contributed by atoms with Crippen LogP contribution in [-0.4, -0.2) is 31.4 Å². The average Bonchev–Trinajstić information content (AvgIpc) is 3.50. The fourth-order valence-electron chi connectivity index (χ4n) is 3.75. The van der Waals surface area contributed by atoms with Gasteiger partial charge in [0.2, 0.25) is 5.91 Å². The van der Waals surface area contributed by atoms with Crippen molar-refractivity contribution in [3.8, 4) is 17.0 Å². The summed E-state index contributed by atoms with van der Waals surface area (Å²) < 4.78 is 8.15. The number of amides is 1. The minimum absolute atomic E-state index is 0.152. The molecule has 0 aliphatic carbocycles. The van der Waals surface area contributed by atoms with Crippen molar-refractivity contribution in [1.82, 2.24) is 19.7 Å². The molecule has 0 saturated carbocycles. The molecule has 4 rings (SSSR count). The van der Waals surface area contributed by atoms with Gasteiger partial charge < -0.3 is 10.1 Å². The number of nitrogens with zero attached hydrogens (tertiary/aromatic N) is 4. The van der Waals surface area contributed by atoms with Crippen LogP contribution in [0.4, 0.5) is 5.13 Å². The molecule has 37 heavy (non-hydrogen) atoms. The molecule has 4 aromatic rings. The molecule has 1 unspecified atom stereocenters. The lowest BCUT2D eigenvalue weighted by Crippen LogP contribution is -2.15. The molecule has 2 aromatic heterocycles. The first-order valence-electron chi connectivity index (χ1n) is 12.0. The number of aryl methyl sites for hydroxylation is 3. The van der Waals surface area contributed by atoms with Crippen LogP contribution in [-0.2, 0) is 11.3 Å². The van der Waals surface area contributed by atoms with Crippen molar-refractivity contribution < 1.29 is 9.53 Å². The second-order valence-corrected chi connectivity index (χ2v) is 10.7. The molecule has 1 atom stereocenters. The van der Waals surface area contributed by atoms with E-state index in [1.807, 2.05) is 42.0 Å². The Bertz CT molecular complexity index is 1430. The number of thiazole rings is 1. The van der Waals surface area contributed by atoms with Gasteiger partial charge in [0.25, 0.3) is 0 Å². The zero-order valence-electron chi connectivity index (χ0n) is 21.7. The maximum absolute atomic E-state index is 12.7. The third-order valence-corrected chi connectivity index (χ3v) is 7.89. The summed E-state index contributed by atoms with van der Waals surface area (Å²) in [6.07, 6.45) is 1.46. The summed E-state index contributed by atoms with van der Waals surface area (Å²) in [5.74, 6) is 1.53. The number of hydrogen-bond acceptors (Lipinski definition) is 7. The van der Waals surface area contributed by atoms with Crippen LogP contribution < -0.4 is 10.1 Å². The highest BCUT2D eigenvalue weighted by molar-refractivity contribution is 7.99. The lowest BCUT2D eigenvalue weighted by atomic mass is 10.1. The van der Waals surface area contributed by atoms with E-state index >= 15 is 0 Å². The van der Waals surface area contributed by atoms with Crippen LogP contribution in [0.5, 0.6) is 5.75 Å². The number of nitrogens with one attached hydrogen (secondary N) is 1. The molecule has 0 bridgehead atoms. The molecule has 2 aromatic carbocycles. The number of allylic oxidation sites excluding steroid dienone is 1. The molecule has 0 spiro atoms. The van der Waals surface area contributed by atoms with Crippen molar-refractivity contribution in [2.75, 3.05) is 11.1 Å². The van der Waals surface area contributed by atoms with E-state index in [0.29, 0.717) is 22.7 Å². The van der Waals surface area contributed by atoms with Crippen LogP contribution in [0, 0.1) is 27.7 Å². The fraction of sp³-hybridized carbons (Fsp3) is 0.286. The maximum Gasteiger partial charge on any atom is 0.236 e. The Kier molecular flexibility index (Phi) is 8.45. The summed E-state index contributed by atoms with van der Waals surface area (Å²) in [7, 11) is 0. The van der Waals surface area contributed by atoms with E-state index in [4.69, 9.17) is 4.74 Å². The Morgan fingerprint density at radius 3 is 2.73 bits per heavy atom. The van der Waals surface area contributed by atoms with Gasteiger partial charge in [0.1, 0.15) is 5.75 Å². The first kappa shape index (κ1) is 26.6. The van der Waals surface area contributed by atoms with Crippen molar-refractivity contribution in [3.63, 3.8) is 0 Å². The highest BCUT2D eigenvalue weighted by Crippen LogP contribution is 2.29. The summed E-state index contributed by atoms with van der Waals surface area (Å²) in [6, 6.07) is 12.2. The van der Waals surface area contributed by atoms with Gasteiger partial charge in [-0.15, -0.1) is 28.1 Å². The van der Waals surface area contributed by atoms with E-state index < -0.39 is 0 Å². The molecular weight excluding hydrogens is 502 g/mol. The fourth-order valence-corrected chi connectivity index (χ4v) is 5.24. The molecule has 0 saturated heterocycles. The molecule has 0 aliphatic heterocycles. The van der Waals surface area contributed by atoms with Gasteiger partial charge in [-0.1, -0.05) is 42.1 Å². The minimum Gasteiger partial charge on any atom is -0.482 e. The van der Waals surface area contributed by atoms with E-state index in [9.17, 15) is 4.79 Å². The number of ether oxygens (including phenoxy) is 1. The van der Waals surface area contributed by atoms with Gasteiger partial charge in [-0.25, -0.2) is 4.98 Å². The lowest BCUT2D eigenvalue weighted by molar-refractivity contribution is -0.113. The molecule has 7 nitrogen and oxygen atoms in total. The lowest BCUT2D eigenvalue weighted by Gasteiger charge is -2.18. The van der Waals surface area contributed by atoms with Crippen LogP contribution >= 0.6 is 23.1 Å². The zero-order valence-corrected chi connectivity index (χ0v) is 23.4. The molecule has 9 heteroatoms. The minimum atomic E-state index is -0.324. The van der Waals surface area contributed by atoms with Crippen molar-refractivity contribution >= 4 is 34.1 Å². The molecular formula is C28H31N5O2S2. The molecule has 0 fully saturated rings. The van der Waals surface area contributed by atoms with E-state index in [1.54, 1.807) is 6.08 Å². The Balaban J connectivity index is 1.40. The van der Waals surface area contributed by atoms with Gasteiger partial charge in [0, 0.05) is 17.5 Å². The Morgan fingerprint density at radius 1 is 1.16 bits per heavy atom. The summed E-state index contributed by atoms with van der Waals surface area (Å²) in [6.45, 7) is 14.6. The van der Waals surface area contributed by atoms with Gasteiger partial charge in [-0.2, -0.15) is 0 Å². The molecule has 0 aliphatic rings. The Morgan fingerprint density at radius 2 is 1.97 bits per heavy atom. The summed E-state index contributed by atoms with van der Waals surface area (Å²) in [5, 5.41) is 14.8. The van der Waals surface area contributed by atoms with E-state index in [2.05, 4.69) is 66.0 Å². The van der Waals surface area contributed by atoms with Crippen molar-refractivity contribution in [3.05, 3.63) is 82.5 Å². The van der Waals surface area contributed by atoms with Gasteiger partial charge in [-0.05, 0) is 69.0 Å². The number of carbonyl (C=O) groups excluding carboxylic acids is 1.